The van der Waals surface area contributed by atoms with Gasteiger partial charge in [-0.1, -0.05) is 51.1 Å². The Morgan fingerprint density at radius 3 is 2.13 bits per heavy atom. The van der Waals surface area contributed by atoms with Crippen LogP contribution in [0.25, 0.3) is 0 Å². The molecule has 0 radical (unpaired) electrons. The minimum Gasteiger partial charge on any atom is -0.433 e. The SMILES string of the molecule is CC(C)(C)[C@H]1OC(=O)[C@](c2ccccc2)(C2CC(F)=C(F)C2)O1. The van der Waals surface area contributed by atoms with Crippen molar-refractivity contribution in [2.45, 2.75) is 45.5 Å². The van der Waals surface area contributed by atoms with E-state index in [2.05, 4.69) is 0 Å². The normalized spacial score (nSPS) is 29.3. The number of cyclic esters (lactones) is 1. The minimum absolute atomic E-state index is 0.160. The van der Waals surface area contributed by atoms with E-state index < -0.39 is 40.8 Å². The summed E-state index contributed by atoms with van der Waals surface area (Å²) < 4.78 is 38.8. The topological polar surface area (TPSA) is 35.5 Å². The predicted molar refractivity (Wildman–Crippen MR) is 80.5 cm³/mol. The van der Waals surface area contributed by atoms with Gasteiger partial charge in [0.1, 0.15) is 11.7 Å². The van der Waals surface area contributed by atoms with Crippen molar-refractivity contribution in [1.82, 2.24) is 0 Å². The molecule has 1 aliphatic heterocycles. The molecule has 23 heavy (non-hydrogen) atoms. The summed E-state index contributed by atoms with van der Waals surface area (Å²) in [5.41, 5.74) is -1.33. The molecule has 0 saturated carbocycles. The lowest BCUT2D eigenvalue weighted by molar-refractivity contribution is -0.162. The number of hydrogen-bond acceptors (Lipinski definition) is 3. The molecular formula is C18H20F2O3. The smallest absolute Gasteiger partial charge is 0.345 e. The lowest BCUT2D eigenvalue weighted by Crippen LogP contribution is -2.41. The minimum atomic E-state index is -1.47. The third-order valence-electron chi connectivity index (χ3n) is 4.44. The Hall–Kier alpha value is -1.75. The van der Waals surface area contributed by atoms with Crippen LogP contribution in [0.2, 0.25) is 0 Å². The van der Waals surface area contributed by atoms with Crippen LogP contribution in [0.3, 0.4) is 0 Å². The van der Waals surface area contributed by atoms with Gasteiger partial charge in [-0.15, -0.1) is 0 Å². The molecule has 5 heteroatoms. The second-order valence-electron chi connectivity index (χ2n) is 7.24. The first kappa shape index (κ1) is 16.1. The molecule has 1 aromatic carbocycles. The molecule has 2 aliphatic rings. The number of benzene rings is 1. The molecule has 1 heterocycles. The third-order valence-corrected chi connectivity index (χ3v) is 4.44. The van der Waals surface area contributed by atoms with Crippen LogP contribution in [0.4, 0.5) is 8.78 Å². The van der Waals surface area contributed by atoms with Crippen LogP contribution in [-0.4, -0.2) is 12.3 Å². The zero-order chi connectivity index (χ0) is 16.8. The Kier molecular flexibility index (Phi) is 3.79. The summed E-state index contributed by atoms with van der Waals surface area (Å²) in [4.78, 5) is 12.7. The largest absolute Gasteiger partial charge is 0.433 e. The van der Waals surface area contributed by atoms with Gasteiger partial charge in [-0.25, -0.2) is 13.6 Å². The van der Waals surface area contributed by atoms with Crippen molar-refractivity contribution in [3.05, 3.63) is 47.5 Å². The standard InChI is InChI=1S/C18H20F2O3/c1-17(2,3)16-22-15(21)18(23-16,11-7-5-4-6-8-11)12-9-13(19)14(20)10-12/h4-8,12,16H,9-10H2,1-3H3/t16-,18-/m0/s1. The van der Waals surface area contributed by atoms with Crippen molar-refractivity contribution in [2.75, 3.05) is 0 Å². The Morgan fingerprint density at radius 2 is 1.65 bits per heavy atom. The molecule has 0 unspecified atom stereocenters. The molecule has 1 fully saturated rings. The second-order valence-corrected chi connectivity index (χ2v) is 7.24. The van der Waals surface area contributed by atoms with Crippen LogP contribution in [0.1, 0.15) is 39.2 Å². The highest BCUT2D eigenvalue weighted by Crippen LogP contribution is 2.52. The van der Waals surface area contributed by atoms with Crippen molar-refractivity contribution in [1.29, 1.82) is 0 Å². The van der Waals surface area contributed by atoms with E-state index in [1.807, 2.05) is 26.8 Å². The number of carbonyl (C=O) groups excluding carboxylic acids is 1. The molecule has 3 rings (SSSR count). The fourth-order valence-electron chi connectivity index (χ4n) is 3.16. The quantitative estimate of drug-likeness (QED) is 0.758. The Bertz CT molecular complexity index is 634. The van der Waals surface area contributed by atoms with Crippen LogP contribution in [-0.2, 0) is 19.9 Å². The summed E-state index contributed by atoms with van der Waals surface area (Å²) >= 11 is 0. The molecular weight excluding hydrogens is 302 g/mol. The number of hydrogen-bond donors (Lipinski definition) is 0. The number of esters is 1. The Balaban J connectivity index is 2.05. The number of carbonyl (C=O) groups is 1. The van der Waals surface area contributed by atoms with E-state index in [1.54, 1.807) is 24.3 Å². The van der Waals surface area contributed by atoms with Crippen LogP contribution in [0.5, 0.6) is 0 Å². The average molecular weight is 322 g/mol. The van der Waals surface area contributed by atoms with E-state index in [0.717, 1.165) is 0 Å². The third kappa shape index (κ3) is 2.57. The van der Waals surface area contributed by atoms with Gasteiger partial charge < -0.3 is 9.47 Å². The monoisotopic (exact) mass is 322 g/mol. The van der Waals surface area contributed by atoms with Crippen LogP contribution < -0.4 is 0 Å². The summed E-state index contributed by atoms with van der Waals surface area (Å²) in [6, 6.07) is 8.83. The highest BCUT2D eigenvalue weighted by molar-refractivity contribution is 5.83. The van der Waals surface area contributed by atoms with Crippen LogP contribution >= 0.6 is 0 Å². The van der Waals surface area contributed by atoms with Gasteiger partial charge in [0.2, 0.25) is 6.29 Å². The molecule has 0 spiro atoms. The molecule has 0 amide bonds. The summed E-state index contributed by atoms with van der Waals surface area (Å²) in [6.07, 6.45) is -1.08. The molecule has 3 nitrogen and oxygen atoms in total. The maximum atomic E-state index is 13.7. The zero-order valence-electron chi connectivity index (χ0n) is 13.4. The summed E-state index contributed by atoms with van der Waals surface area (Å²) in [5, 5.41) is 0. The van der Waals surface area contributed by atoms with Gasteiger partial charge >= 0.3 is 5.97 Å². The van der Waals surface area contributed by atoms with E-state index in [-0.39, 0.29) is 12.8 Å². The van der Waals surface area contributed by atoms with E-state index in [0.29, 0.717) is 5.56 Å². The Labute approximate surface area is 134 Å². The molecule has 0 bridgehead atoms. The zero-order valence-corrected chi connectivity index (χ0v) is 13.4. The van der Waals surface area contributed by atoms with Crippen molar-refractivity contribution >= 4 is 5.97 Å². The molecule has 0 N–H and O–H groups in total. The van der Waals surface area contributed by atoms with Crippen molar-refractivity contribution in [3.8, 4) is 0 Å². The van der Waals surface area contributed by atoms with Gasteiger partial charge in [-0.3, -0.25) is 0 Å². The van der Waals surface area contributed by atoms with Crippen molar-refractivity contribution in [2.24, 2.45) is 11.3 Å². The van der Waals surface area contributed by atoms with Crippen LogP contribution in [0.15, 0.2) is 42.0 Å². The first-order valence-corrected chi connectivity index (χ1v) is 7.72. The molecule has 2 atom stereocenters. The fraction of sp³-hybridized carbons (Fsp3) is 0.500. The molecule has 1 aromatic rings. The van der Waals surface area contributed by atoms with Gasteiger partial charge in [0.05, 0.1) is 0 Å². The van der Waals surface area contributed by atoms with Gasteiger partial charge in [0.25, 0.3) is 0 Å². The molecule has 124 valence electrons. The fourth-order valence-corrected chi connectivity index (χ4v) is 3.16. The number of rotatable bonds is 2. The van der Waals surface area contributed by atoms with E-state index >= 15 is 0 Å². The highest BCUT2D eigenvalue weighted by Gasteiger charge is 2.60. The van der Waals surface area contributed by atoms with Gasteiger partial charge in [0, 0.05) is 24.2 Å². The van der Waals surface area contributed by atoms with E-state index in [4.69, 9.17) is 9.47 Å². The van der Waals surface area contributed by atoms with E-state index in [9.17, 15) is 13.6 Å². The highest BCUT2D eigenvalue weighted by atomic mass is 19.2. The lowest BCUT2D eigenvalue weighted by Gasteiger charge is -2.32. The summed E-state index contributed by atoms with van der Waals surface area (Å²) in [5.74, 6) is -2.83. The number of ether oxygens (including phenoxy) is 2. The number of allylic oxidation sites excluding steroid dienone is 2. The predicted octanol–water partition coefficient (Wildman–Crippen LogP) is 4.39. The summed E-state index contributed by atoms with van der Waals surface area (Å²) in [7, 11) is 0. The van der Waals surface area contributed by atoms with Crippen molar-refractivity contribution in [3.63, 3.8) is 0 Å². The van der Waals surface area contributed by atoms with E-state index in [1.165, 1.54) is 0 Å². The first-order valence-electron chi connectivity index (χ1n) is 7.72. The summed E-state index contributed by atoms with van der Waals surface area (Å²) in [6.45, 7) is 5.67. The number of halogens is 2. The maximum absolute atomic E-state index is 13.7. The van der Waals surface area contributed by atoms with Gasteiger partial charge in [0.15, 0.2) is 5.60 Å². The molecule has 1 aliphatic carbocycles. The molecule has 0 aromatic heterocycles. The first-order chi connectivity index (χ1) is 10.7. The van der Waals surface area contributed by atoms with Gasteiger partial charge in [-0.05, 0) is 5.56 Å². The van der Waals surface area contributed by atoms with Crippen molar-refractivity contribution < 1.29 is 23.0 Å². The van der Waals surface area contributed by atoms with Crippen LogP contribution in [0, 0.1) is 11.3 Å². The van der Waals surface area contributed by atoms with Gasteiger partial charge in [-0.2, -0.15) is 0 Å². The average Bonchev–Trinajstić information content (AvgIpc) is 3.01. The molecule has 1 saturated heterocycles. The Morgan fingerprint density at radius 1 is 1.09 bits per heavy atom. The lowest BCUT2D eigenvalue weighted by atomic mass is 9.79. The second kappa shape index (κ2) is 5.41. The maximum Gasteiger partial charge on any atom is 0.345 e.